The van der Waals surface area contributed by atoms with E-state index in [0.717, 1.165) is 41.5 Å². The number of hydrogen-bond acceptors (Lipinski definition) is 3. The summed E-state index contributed by atoms with van der Waals surface area (Å²) in [5.41, 5.74) is -1.55. The summed E-state index contributed by atoms with van der Waals surface area (Å²) < 4.78 is 39.5. The Morgan fingerprint density at radius 3 is 2.48 bits per heavy atom. The van der Waals surface area contributed by atoms with Gasteiger partial charge in [0.2, 0.25) is 0 Å². The van der Waals surface area contributed by atoms with E-state index in [-0.39, 0.29) is 17.5 Å². The number of amides is 1. The van der Waals surface area contributed by atoms with Crippen molar-refractivity contribution < 1.29 is 23.1 Å². The molecule has 0 radical (unpaired) electrons. The van der Waals surface area contributed by atoms with Crippen molar-refractivity contribution in [2.75, 3.05) is 6.54 Å². The highest BCUT2D eigenvalue weighted by atomic mass is 32.1. The number of aliphatic hydroxyl groups is 1. The number of carbonyl (C=O) groups excluding carboxylic acids is 1. The number of rotatable bonds is 5. The third-order valence-corrected chi connectivity index (χ3v) is 6.69. The zero-order chi connectivity index (χ0) is 19.7. The van der Waals surface area contributed by atoms with Gasteiger partial charge in [0.15, 0.2) is 0 Å². The number of nitrogens with one attached hydrogen (secondary N) is 1. The van der Waals surface area contributed by atoms with Crippen molar-refractivity contribution in [3.8, 4) is 0 Å². The molecule has 0 bridgehead atoms. The maximum atomic E-state index is 13.2. The second-order valence-electron chi connectivity index (χ2n) is 7.09. The van der Waals surface area contributed by atoms with Crippen molar-refractivity contribution in [1.29, 1.82) is 0 Å². The van der Waals surface area contributed by atoms with Crippen LogP contribution in [0.4, 0.5) is 13.2 Å². The fraction of sp³-hybridized carbons (Fsp3) is 0.450. The summed E-state index contributed by atoms with van der Waals surface area (Å²) in [6.07, 6.45) is -1.37. The molecule has 1 amide bonds. The van der Waals surface area contributed by atoms with Gasteiger partial charge in [0.25, 0.3) is 5.91 Å². The largest absolute Gasteiger partial charge is 0.417 e. The molecule has 1 fully saturated rings. The Kier molecular flexibility index (Phi) is 5.63. The normalized spacial score (nSPS) is 17.7. The molecule has 7 heteroatoms. The first-order valence-electron chi connectivity index (χ1n) is 8.96. The van der Waals surface area contributed by atoms with Crippen molar-refractivity contribution in [3.05, 3.63) is 57.3 Å². The molecule has 1 heterocycles. The van der Waals surface area contributed by atoms with E-state index >= 15 is 0 Å². The predicted octanol–water partition coefficient (Wildman–Crippen LogP) is 5.06. The van der Waals surface area contributed by atoms with Crippen molar-refractivity contribution in [2.24, 2.45) is 0 Å². The monoisotopic (exact) mass is 397 g/mol. The van der Waals surface area contributed by atoms with Crippen molar-refractivity contribution in [3.63, 3.8) is 0 Å². The van der Waals surface area contributed by atoms with E-state index in [0.29, 0.717) is 0 Å². The first-order valence-corrected chi connectivity index (χ1v) is 9.77. The zero-order valence-electron chi connectivity index (χ0n) is 15.0. The van der Waals surface area contributed by atoms with Crippen LogP contribution < -0.4 is 5.32 Å². The predicted molar refractivity (Wildman–Crippen MR) is 98.9 cm³/mol. The standard InChI is InChI=1S/C20H22F3NO2S/c1-13(25)16-8-9-17(27-16)19(10-4-5-11-19)12-24-18(26)14-6-2-3-7-15(14)20(21,22)23/h2-3,6-9,13,25H,4-5,10-12H2,1H3,(H,24,26)/t13-/m1/s1. The minimum Gasteiger partial charge on any atom is -0.388 e. The lowest BCUT2D eigenvalue weighted by molar-refractivity contribution is -0.137. The second-order valence-corrected chi connectivity index (χ2v) is 8.21. The van der Waals surface area contributed by atoms with Crippen LogP contribution in [0.25, 0.3) is 0 Å². The highest BCUT2D eigenvalue weighted by molar-refractivity contribution is 7.12. The van der Waals surface area contributed by atoms with Crippen LogP contribution in [0.1, 0.15) is 64.4 Å². The van der Waals surface area contributed by atoms with Crippen molar-refractivity contribution >= 4 is 17.2 Å². The van der Waals surface area contributed by atoms with Gasteiger partial charge in [-0.3, -0.25) is 4.79 Å². The van der Waals surface area contributed by atoms with Crippen molar-refractivity contribution in [1.82, 2.24) is 5.32 Å². The van der Waals surface area contributed by atoms with Gasteiger partial charge < -0.3 is 10.4 Å². The van der Waals surface area contributed by atoms with Gasteiger partial charge in [-0.15, -0.1) is 11.3 Å². The molecular weight excluding hydrogens is 375 g/mol. The number of benzene rings is 1. The Morgan fingerprint density at radius 1 is 1.22 bits per heavy atom. The lowest BCUT2D eigenvalue weighted by Gasteiger charge is -2.28. The van der Waals surface area contributed by atoms with Gasteiger partial charge in [-0.25, -0.2) is 0 Å². The minimum atomic E-state index is -4.57. The quantitative estimate of drug-likeness (QED) is 0.741. The Morgan fingerprint density at radius 2 is 1.89 bits per heavy atom. The highest BCUT2D eigenvalue weighted by Gasteiger charge is 2.39. The summed E-state index contributed by atoms with van der Waals surface area (Å²) in [6.45, 7) is 1.99. The molecule has 3 rings (SSSR count). The van der Waals surface area contributed by atoms with E-state index in [2.05, 4.69) is 5.32 Å². The Labute approximate surface area is 160 Å². The molecule has 1 aromatic heterocycles. The number of aliphatic hydroxyl groups excluding tert-OH is 1. The van der Waals surface area contributed by atoms with Gasteiger partial charge in [0.1, 0.15) is 0 Å². The fourth-order valence-electron chi connectivity index (χ4n) is 3.70. The van der Waals surface area contributed by atoms with Gasteiger partial charge in [-0.2, -0.15) is 13.2 Å². The molecule has 1 saturated carbocycles. The van der Waals surface area contributed by atoms with Crippen LogP contribution in [0.5, 0.6) is 0 Å². The van der Waals surface area contributed by atoms with E-state index in [1.807, 2.05) is 12.1 Å². The van der Waals surface area contributed by atoms with Gasteiger partial charge in [-0.1, -0.05) is 25.0 Å². The highest BCUT2D eigenvalue weighted by Crippen LogP contribution is 2.44. The molecule has 2 N–H and O–H groups in total. The average molecular weight is 397 g/mol. The average Bonchev–Trinajstić information content (AvgIpc) is 3.29. The summed E-state index contributed by atoms with van der Waals surface area (Å²) in [6, 6.07) is 8.69. The van der Waals surface area contributed by atoms with Gasteiger partial charge in [0, 0.05) is 21.7 Å². The lowest BCUT2D eigenvalue weighted by atomic mass is 9.84. The molecule has 146 valence electrons. The SMILES string of the molecule is C[C@@H](O)c1ccc(C2(CNC(=O)c3ccccc3C(F)(F)F)CCCC2)s1. The van der Waals surface area contributed by atoms with Crippen LogP contribution in [-0.4, -0.2) is 17.6 Å². The first kappa shape index (κ1) is 19.9. The molecule has 2 aromatic rings. The molecular formula is C20H22F3NO2S. The Balaban J connectivity index is 1.80. The lowest BCUT2D eigenvalue weighted by Crippen LogP contribution is -2.39. The third kappa shape index (κ3) is 4.19. The number of alkyl halides is 3. The van der Waals surface area contributed by atoms with E-state index < -0.39 is 23.8 Å². The van der Waals surface area contributed by atoms with E-state index in [1.165, 1.54) is 29.5 Å². The smallest absolute Gasteiger partial charge is 0.388 e. The maximum Gasteiger partial charge on any atom is 0.417 e. The van der Waals surface area contributed by atoms with Crippen LogP contribution >= 0.6 is 11.3 Å². The number of halogens is 3. The molecule has 3 nitrogen and oxygen atoms in total. The molecule has 1 aromatic carbocycles. The van der Waals surface area contributed by atoms with Gasteiger partial charge in [0.05, 0.1) is 17.2 Å². The maximum absolute atomic E-state index is 13.2. The molecule has 27 heavy (non-hydrogen) atoms. The van der Waals surface area contributed by atoms with Gasteiger partial charge in [-0.05, 0) is 44.0 Å². The number of hydrogen-bond donors (Lipinski definition) is 2. The number of thiophene rings is 1. The molecule has 0 unspecified atom stereocenters. The van der Waals surface area contributed by atoms with E-state index in [9.17, 15) is 23.1 Å². The molecule has 1 atom stereocenters. The Hall–Kier alpha value is -1.86. The van der Waals surface area contributed by atoms with E-state index in [4.69, 9.17) is 0 Å². The third-order valence-electron chi connectivity index (χ3n) is 5.19. The Bertz CT molecular complexity index is 808. The van der Waals surface area contributed by atoms with Crippen LogP contribution in [-0.2, 0) is 11.6 Å². The molecule has 1 aliphatic rings. The fourth-order valence-corrected chi connectivity index (χ4v) is 4.89. The minimum absolute atomic E-state index is 0.277. The summed E-state index contributed by atoms with van der Waals surface area (Å²) >= 11 is 1.51. The van der Waals surface area contributed by atoms with Gasteiger partial charge >= 0.3 is 6.18 Å². The van der Waals surface area contributed by atoms with E-state index in [1.54, 1.807) is 6.92 Å². The summed E-state index contributed by atoms with van der Waals surface area (Å²) in [7, 11) is 0. The van der Waals surface area contributed by atoms with Crippen LogP contribution in [0.15, 0.2) is 36.4 Å². The van der Waals surface area contributed by atoms with Crippen LogP contribution in [0.2, 0.25) is 0 Å². The van der Waals surface area contributed by atoms with Crippen molar-refractivity contribution in [2.45, 2.75) is 50.3 Å². The van der Waals surface area contributed by atoms with Crippen LogP contribution in [0, 0.1) is 0 Å². The topological polar surface area (TPSA) is 49.3 Å². The molecule has 0 spiro atoms. The molecule has 1 aliphatic carbocycles. The zero-order valence-corrected chi connectivity index (χ0v) is 15.8. The second kappa shape index (κ2) is 7.64. The summed E-state index contributed by atoms with van der Waals surface area (Å²) in [5, 5.41) is 12.5. The molecule has 0 saturated heterocycles. The summed E-state index contributed by atoms with van der Waals surface area (Å²) in [5.74, 6) is -0.707. The van der Waals surface area contributed by atoms with Crippen LogP contribution in [0.3, 0.4) is 0 Å². The first-order chi connectivity index (χ1) is 12.7. The summed E-state index contributed by atoms with van der Waals surface area (Å²) in [4.78, 5) is 14.4. The molecule has 0 aliphatic heterocycles. The number of carbonyl (C=O) groups is 1.